The summed E-state index contributed by atoms with van der Waals surface area (Å²) in [4.78, 5) is 12.3. The average Bonchev–Trinajstić information content (AvgIpc) is 2.87. The van der Waals surface area contributed by atoms with Gasteiger partial charge in [-0.05, 0) is 59.3 Å². The molecule has 1 amide bonds. The van der Waals surface area contributed by atoms with Crippen molar-refractivity contribution in [2.45, 2.75) is 44.2 Å². The molecule has 0 spiro atoms. The number of nitrogens with one attached hydrogen (secondary N) is 2. The lowest BCUT2D eigenvalue weighted by molar-refractivity contribution is -0.117. The Morgan fingerprint density at radius 1 is 1.35 bits per heavy atom. The highest BCUT2D eigenvalue weighted by atomic mass is 79.9. The van der Waals surface area contributed by atoms with E-state index in [2.05, 4.69) is 26.6 Å². The molecule has 0 bridgehead atoms. The summed E-state index contributed by atoms with van der Waals surface area (Å²) in [5.74, 6) is 0.206. The van der Waals surface area contributed by atoms with Crippen LogP contribution in [0.5, 0.6) is 0 Å². The number of amides is 1. The molecule has 2 fully saturated rings. The van der Waals surface area contributed by atoms with Gasteiger partial charge < -0.3 is 10.6 Å². The molecule has 3 atom stereocenters. The van der Waals surface area contributed by atoms with Crippen LogP contribution < -0.4 is 10.6 Å². The second-order valence-electron chi connectivity index (χ2n) is 5.72. The quantitative estimate of drug-likeness (QED) is 0.865. The van der Waals surface area contributed by atoms with Crippen molar-refractivity contribution in [1.29, 1.82) is 0 Å². The minimum Gasteiger partial charge on any atom is -0.324 e. The van der Waals surface area contributed by atoms with Gasteiger partial charge in [0.2, 0.25) is 5.91 Å². The van der Waals surface area contributed by atoms with Crippen molar-refractivity contribution in [1.82, 2.24) is 5.32 Å². The molecule has 0 aromatic heterocycles. The van der Waals surface area contributed by atoms with E-state index in [0.717, 1.165) is 12.8 Å². The van der Waals surface area contributed by atoms with Crippen LogP contribution in [0.3, 0.4) is 0 Å². The van der Waals surface area contributed by atoms with Crippen LogP contribution in [0.25, 0.3) is 0 Å². The van der Waals surface area contributed by atoms with Crippen molar-refractivity contribution in [3.8, 4) is 0 Å². The fraction of sp³-hybridized carbons (Fsp3) is 0.533. The first-order valence-corrected chi connectivity index (χ1v) is 7.95. The Morgan fingerprint density at radius 3 is 2.95 bits per heavy atom. The molecule has 20 heavy (non-hydrogen) atoms. The maximum absolute atomic E-state index is 13.2. The van der Waals surface area contributed by atoms with E-state index in [9.17, 15) is 9.18 Å². The molecule has 3 nitrogen and oxygen atoms in total. The van der Waals surface area contributed by atoms with E-state index in [1.807, 2.05) is 0 Å². The molecule has 1 aliphatic heterocycles. The number of carbonyl (C=O) groups excluding carboxylic acids is 1. The average molecular weight is 341 g/mol. The third-order valence-electron chi connectivity index (χ3n) is 4.37. The smallest absolute Gasteiger partial charge is 0.241 e. The molecule has 0 radical (unpaired) electrons. The molecule has 1 aromatic rings. The molecule has 108 valence electrons. The van der Waals surface area contributed by atoms with E-state index in [0.29, 0.717) is 22.1 Å². The number of carbonyl (C=O) groups is 1. The molecule has 1 aliphatic carbocycles. The second-order valence-corrected chi connectivity index (χ2v) is 6.57. The molecule has 2 aliphatic rings. The van der Waals surface area contributed by atoms with Crippen LogP contribution in [-0.2, 0) is 4.79 Å². The molecular weight excluding hydrogens is 323 g/mol. The predicted octanol–water partition coefficient (Wildman–Crippen LogP) is 3.45. The Bertz CT molecular complexity index is 509. The highest BCUT2D eigenvalue weighted by molar-refractivity contribution is 9.10. The van der Waals surface area contributed by atoms with E-state index in [1.165, 1.54) is 31.4 Å². The first-order chi connectivity index (χ1) is 9.63. The van der Waals surface area contributed by atoms with E-state index >= 15 is 0 Å². The lowest BCUT2D eigenvalue weighted by Crippen LogP contribution is -2.39. The van der Waals surface area contributed by atoms with Crippen molar-refractivity contribution >= 4 is 27.5 Å². The summed E-state index contributed by atoms with van der Waals surface area (Å²) < 4.78 is 13.9. The number of fused-ring (bicyclic) bond motifs is 1. The minimum absolute atomic E-state index is 0.0642. The van der Waals surface area contributed by atoms with Gasteiger partial charge in [0.05, 0.1) is 11.7 Å². The first kappa shape index (κ1) is 14.0. The Balaban J connectivity index is 1.66. The molecule has 3 rings (SSSR count). The SMILES string of the molecule is O=C(Nc1cc(F)ccc1Br)C1CC2CCCCC2N1. The Hall–Kier alpha value is -0.940. The van der Waals surface area contributed by atoms with Crippen molar-refractivity contribution in [2.24, 2.45) is 5.92 Å². The molecule has 1 saturated heterocycles. The topological polar surface area (TPSA) is 41.1 Å². The van der Waals surface area contributed by atoms with E-state index < -0.39 is 0 Å². The number of halogens is 2. The fourth-order valence-electron chi connectivity index (χ4n) is 3.33. The third-order valence-corrected chi connectivity index (χ3v) is 5.06. The van der Waals surface area contributed by atoms with E-state index in [-0.39, 0.29) is 17.8 Å². The van der Waals surface area contributed by atoms with Crippen LogP contribution in [0.4, 0.5) is 10.1 Å². The van der Waals surface area contributed by atoms with Gasteiger partial charge in [-0.25, -0.2) is 4.39 Å². The number of benzene rings is 1. The van der Waals surface area contributed by atoms with Crippen molar-refractivity contribution in [3.63, 3.8) is 0 Å². The zero-order chi connectivity index (χ0) is 14.1. The van der Waals surface area contributed by atoms with E-state index in [1.54, 1.807) is 6.07 Å². The summed E-state index contributed by atoms with van der Waals surface area (Å²) in [7, 11) is 0. The Kier molecular flexibility index (Phi) is 4.08. The molecule has 5 heteroatoms. The number of anilines is 1. The van der Waals surface area contributed by atoms with Gasteiger partial charge in [0.1, 0.15) is 5.82 Å². The summed E-state index contributed by atoms with van der Waals surface area (Å²) >= 11 is 3.33. The second kappa shape index (κ2) is 5.82. The number of hydrogen-bond acceptors (Lipinski definition) is 2. The van der Waals surface area contributed by atoms with Gasteiger partial charge in [-0.2, -0.15) is 0 Å². The summed E-state index contributed by atoms with van der Waals surface area (Å²) in [5.41, 5.74) is 0.492. The number of hydrogen-bond donors (Lipinski definition) is 2. The lowest BCUT2D eigenvalue weighted by atomic mass is 9.85. The Morgan fingerprint density at radius 2 is 2.15 bits per heavy atom. The van der Waals surface area contributed by atoms with Gasteiger partial charge in [0.25, 0.3) is 0 Å². The van der Waals surface area contributed by atoms with Crippen molar-refractivity contribution < 1.29 is 9.18 Å². The highest BCUT2D eigenvalue weighted by Crippen LogP contribution is 2.33. The standard InChI is InChI=1S/C15H18BrFN2O/c16-11-6-5-10(17)8-13(11)19-15(20)14-7-9-3-1-2-4-12(9)18-14/h5-6,8-9,12,14,18H,1-4,7H2,(H,19,20). The van der Waals surface area contributed by atoms with Crippen LogP contribution in [0.2, 0.25) is 0 Å². The molecule has 1 saturated carbocycles. The van der Waals surface area contributed by atoms with Crippen molar-refractivity contribution in [2.75, 3.05) is 5.32 Å². The first-order valence-electron chi connectivity index (χ1n) is 7.15. The van der Waals surface area contributed by atoms with Gasteiger partial charge in [-0.15, -0.1) is 0 Å². The zero-order valence-corrected chi connectivity index (χ0v) is 12.7. The van der Waals surface area contributed by atoms with Crippen LogP contribution in [0.1, 0.15) is 32.1 Å². The molecule has 1 aromatic carbocycles. The van der Waals surface area contributed by atoms with Crippen LogP contribution in [0.15, 0.2) is 22.7 Å². The fourth-order valence-corrected chi connectivity index (χ4v) is 3.68. The monoisotopic (exact) mass is 340 g/mol. The summed E-state index contributed by atoms with van der Waals surface area (Å²) in [5, 5.41) is 6.24. The maximum atomic E-state index is 13.2. The summed E-state index contributed by atoms with van der Waals surface area (Å²) in [6.45, 7) is 0. The van der Waals surface area contributed by atoms with Crippen molar-refractivity contribution in [3.05, 3.63) is 28.5 Å². The normalized spacial score (nSPS) is 29.0. The van der Waals surface area contributed by atoms with Gasteiger partial charge in [-0.1, -0.05) is 12.8 Å². The molecule has 1 heterocycles. The van der Waals surface area contributed by atoms with Gasteiger partial charge >= 0.3 is 0 Å². The molecular formula is C15H18BrFN2O. The predicted molar refractivity (Wildman–Crippen MR) is 80.0 cm³/mol. The zero-order valence-electron chi connectivity index (χ0n) is 11.2. The van der Waals surface area contributed by atoms with Gasteiger partial charge in [0, 0.05) is 10.5 Å². The van der Waals surface area contributed by atoms with Gasteiger partial charge in [-0.3, -0.25) is 4.79 Å². The summed E-state index contributed by atoms with van der Waals surface area (Å²) in [6, 6.07) is 4.63. The van der Waals surface area contributed by atoms with Crippen LogP contribution in [-0.4, -0.2) is 18.0 Å². The van der Waals surface area contributed by atoms with Crippen LogP contribution in [0, 0.1) is 11.7 Å². The number of rotatable bonds is 2. The van der Waals surface area contributed by atoms with Crippen LogP contribution >= 0.6 is 15.9 Å². The van der Waals surface area contributed by atoms with Gasteiger partial charge in [0.15, 0.2) is 0 Å². The largest absolute Gasteiger partial charge is 0.324 e. The highest BCUT2D eigenvalue weighted by Gasteiger charge is 2.38. The van der Waals surface area contributed by atoms with E-state index in [4.69, 9.17) is 0 Å². The maximum Gasteiger partial charge on any atom is 0.241 e. The minimum atomic E-state index is -0.350. The third kappa shape index (κ3) is 2.88. The molecule has 2 N–H and O–H groups in total. The summed E-state index contributed by atoms with van der Waals surface area (Å²) in [6.07, 6.45) is 5.79. The molecule has 3 unspecified atom stereocenters. The Labute approximate surface area is 126 Å². The lowest BCUT2D eigenvalue weighted by Gasteiger charge is -2.24.